The predicted octanol–water partition coefficient (Wildman–Crippen LogP) is 3.26. The molecule has 0 atom stereocenters. The zero-order valence-corrected chi connectivity index (χ0v) is 15.1. The van der Waals surface area contributed by atoms with Crippen molar-refractivity contribution in [2.45, 2.75) is 52.1 Å². The SMILES string of the molecule is COc1cc(C(C)C)ccc1CN(C)C1CCN(C(C)=O)CC1. The van der Waals surface area contributed by atoms with Crippen LogP contribution >= 0.6 is 0 Å². The highest BCUT2D eigenvalue weighted by atomic mass is 16.5. The summed E-state index contributed by atoms with van der Waals surface area (Å²) in [6.07, 6.45) is 2.09. The minimum absolute atomic E-state index is 0.192. The summed E-state index contributed by atoms with van der Waals surface area (Å²) in [7, 11) is 3.91. The van der Waals surface area contributed by atoms with Crippen molar-refractivity contribution in [1.82, 2.24) is 9.80 Å². The molecular formula is C19H30N2O2. The maximum absolute atomic E-state index is 11.4. The molecule has 1 aromatic carbocycles. The number of hydrogen-bond donors (Lipinski definition) is 0. The first-order valence-corrected chi connectivity index (χ1v) is 8.55. The lowest BCUT2D eigenvalue weighted by Crippen LogP contribution is -2.44. The van der Waals surface area contributed by atoms with Crippen molar-refractivity contribution in [3.8, 4) is 5.75 Å². The van der Waals surface area contributed by atoms with E-state index in [0.29, 0.717) is 12.0 Å². The van der Waals surface area contributed by atoms with Gasteiger partial charge in [-0.05, 0) is 37.4 Å². The van der Waals surface area contributed by atoms with E-state index in [1.807, 2.05) is 4.90 Å². The third-order valence-corrected chi connectivity index (χ3v) is 4.93. The number of carbonyl (C=O) groups is 1. The van der Waals surface area contributed by atoms with E-state index >= 15 is 0 Å². The Hall–Kier alpha value is -1.55. The Kier molecular flexibility index (Phi) is 6.05. The molecule has 1 saturated heterocycles. The topological polar surface area (TPSA) is 32.8 Å². The van der Waals surface area contributed by atoms with Crippen molar-refractivity contribution in [3.63, 3.8) is 0 Å². The number of nitrogens with zero attached hydrogens (tertiary/aromatic N) is 2. The number of piperidine rings is 1. The number of likely N-dealkylation sites (tertiary alicyclic amines) is 1. The number of amides is 1. The third kappa shape index (κ3) is 4.47. The van der Waals surface area contributed by atoms with Gasteiger partial charge in [0, 0.05) is 38.2 Å². The summed E-state index contributed by atoms with van der Waals surface area (Å²) < 4.78 is 5.59. The highest BCUT2D eigenvalue weighted by Gasteiger charge is 2.24. The first-order valence-electron chi connectivity index (χ1n) is 8.55. The number of ether oxygens (including phenoxy) is 1. The maximum Gasteiger partial charge on any atom is 0.219 e. The van der Waals surface area contributed by atoms with Crippen LogP contribution in [0.25, 0.3) is 0 Å². The molecule has 2 rings (SSSR count). The van der Waals surface area contributed by atoms with E-state index in [1.165, 1.54) is 11.1 Å². The van der Waals surface area contributed by atoms with Crippen molar-refractivity contribution in [3.05, 3.63) is 29.3 Å². The Balaban J connectivity index is 2.00. The molecule has 0 spiro atoms. The Labute approximate surface area is 140 Å². The standard InChI is InChI=1S/C19H30N2O2/c1-14(2)16-6-7-17(19(12-16)23-5)13-20(4)18-8-10-21(11-9-18)15(3)22/h6-7,12,14,18H,8-11,13H2,1-5H3. The van der Waals surface area contributed by atoms with E-state index < -0.39 is 0 Å². The average molecular weight is 318 g/mol. The minimum atomic E-state index is 0.192. The second-order valence-corrected chi connectivity index (χ2v) is 6.88. The van der Waals surface area contributed by atoms with Crippen molar-refractivity contribution >= 4 is 5.91 Å². The molecule has 0 radical (unpaired) electrons. The van der Waals surface area contributed by atoms with Gasteiger partial charge in [0.2, 0.25) is 5.91 Å². The summed E-state index contributed by atoms with van der Waals surface area (Å²) in [4.78, 5) is 15.8. The first kappa shape index (κ1) is 17.8. The van der Waals surface area contributed by atoms with Gasteiger partial charge in [-0.25, -0.2) is 0 Å². The molecule has 0 saturated carbocycles. The number of hydrogen-bond acceptors (Lipinski definition) is 3. The highest BCUT2D eigenvalue weighted by Crippen LogP contribution is 2.27. The highest BCUT2D eigenvalue weighted by molar-refractivity contribution is 5.73. The van der Waals surface area contributed by atoms with Gasteiger partial charge >= 0.3 is 0 Å². The van der Waals surface area contributed by atoms with Crippen LogP contribution in [-0.4, -0.2) is 49.0 Å². The minimum Gasteiger partial charge on any atom is -0.496 e. The molecule has 0 unspecified atom stereocenters. The van der Waals surface area contributed by atoms with Gasteiger partial charge in [-0.15, -0.1) is 0 Å². The smallest absolute Gasteiger partial charge is 0.219 e. The van der Waals surface area contributed by atoms with Crippen molar-refractivity contribution in [1.29, 1.82) is 0 Å². The predicted molar refractivity (Wildman–Crippen MR) is 93.8 cm³/mol. The lowest BCUT2D eigenvalue weighted by molar-refractivity contribution is -0.130. The van der Waals surface area contributed by atoms with Crippen molar-refractivity contribution < 1.29 is 9.53 Å². The van der Waals surface area contributed by atoms with Gasteiger partial charge in [-0.2, -0.15) is 0 Å². The third-order valence-electron chi connectivity index (χ3n) is 4.93. The molecule has 1 amide bonds. The largest absolute Gasteiger partial charge is 0.496 e. The Morgan fingerprint density at radius 3 is 2.52 bits per heavy atom. The Morgan fingerprint density at radius 1 is 1.35 bits per heavy atom. The summed E-state index contributed by atoms with van der Waals surface area (Å²) in [5.41, 5.74) is 2.54. The molecule has 1 fully saturated rings. The van der Waals surface area contributed by atoms with E-state index in [0.717, 1.165) is 38.2 Å². The van der Waals surface area contributed by atoms with E-state index in [9.17, 15) is 4.79 Å². The van der Waals surface area contributed by atoms with E-state index in [1.54, 1.807) is 14.0 Å². The fourth-order valence-corrected chi connectivity index (χ4v) is 3.27. The van der Waals surface area contributed by atoms with Crippen LogP contribution in [-0.2, 0) is 11.3 Å². The van der Waals surface area contributed by atoms with Crippen LogP contribution in [0.3, 0.4) is 0 Å². The molecule has 4 nitrogen and oxygen atoms in total. The van der Waals surface area contributed by atoms with Crippen LogP contribution in [0.1, 0.15) is 50.7 Å². The normalized spacial score (nSPS) is 16.2. The molecule has 0 bridgehead atoms. The zero-order chi connectivity index (χ0) is 17.0. The fourth-order valence-electron chi connectivity index (χ4n) is 3.27. The van der Waals surface area contributed by atoms with E-state index in [2.05, 4.69) is 44.0 Å². The molecule has 128 valence electrons. The first-order chi connectivity index (χ1) is 10.9. The van der Waals surface area contributed by atoms with E-state index in [4.69, 9.17) is 4.74 Å². The van der Waals surface area contributed by atoms with Crippen LogP contribution in [0.4, 0.5) is 0 Å². The number of benzene rings is 1. The number of carbonyl (C=O) groups excluding carboxylic acids is 1. The van der Waals surface area contributed by atoms with Crippen LogP contribution in [0.15, 0.2) is 18.2 Å². The number of rotatable bonds is 5. The van der Waals surface area contributed by atoms with Gasteiger partial charge in [-0.3, -0.25) is 9.69 Å². The van der Waals surface area contributed by atoms with Gasteiger partial charge in [-0.1, -0.05) is 26.0 Å². The molecule has 1 aliphatic heterocycles. The Bertz CT molecular complexity index is 534. The van der Waals surface area contributed by atoms with Gasteiger partial charge in [0.15, 0.2) is 0 Å². The Morgan fingerprint density at radius 2 is 2.00 bits per heavy atom. The summed E-state index contributed by atoms with van der Waals surface area (Å²) in [5.74, 6) is 1.67. The second kappa shape index (κ2) is 7.82. The summed E-state index contributed by atoms with van der Waals surface area (Å²) in [5, 5.41) is 0. The van der Waals surface area contributed by atoms with Crippen LogP contribution in [0, 0.1) is 0 Å². The molecule has 1 aliphatic rings. The van der Waals surface area contributed by atoms with Gasteiger partial charge in [0.25, 0.3) is 0 Å². The lowest BCUT2D eigenvalue weighted by Gasteiger charge is -2.36. The lowest BCUT2D eigenvalue weighted by atomic mass is 9.99. The monoisotopic (exact) mass is 318 g/mol. The molecule has 0 aromatic heterocycles. The maximum atomic E-state index is 11.4. The van der Waals surface area contributed by atoms with Gasteiger partial charge in [0.05, 0.1) is 7.11 Å². The van der Waals surface area contributed by atoms with E-state index in [-0.39, 0.29) is 5.91 Å². The molecule has 0 aliphatic carbocycles. The summed E-state index contributed by atoms with van der Waals surface area (Å²) in [6, 6.07) is 7.08. The molecule has 0 N–H and O–H groups in total. The quantitative estimate of drug-likeness (QED) is 0.835. The summed E-state index contributed by atoms with van der Waals surface area (Å²) in [6.45, 7) is 8.67. The second-order valence-electron chi connectivity index (χ2n) is 6.88. The summed E-state index contributed by atoms with van der Waals surface area (Å²) >= 11 is 0. The van der Waals surface area contributed by atoms with Crippen molar-refractivity contribution in [2.75, 3.05) is 27.2 Å². The van der Waals surface area contributed by atoms with Crippen LogP contribution in [0.5, 0.6) is 5.75 Å². The number of methoxy groups -OCH3 is 1. The molecule has 4 heteroatoms. The molecule has 1 aromatic rings. The van der Waals surface area contributed by atoms with Crippen LogP contribution < -0.4 is 4.74 Å². The zero-order valence-electron chi connectivity index (χ0n) is 15.1. The average Bonchev–Trinajstić information content (AvgIpc) is 2.55. The fraction of sp³-hybridized carbons (Fsp3) is 0.632. The van der Waals surface area contributed by atoms with Crippen molar-refractivity contribution in [2.24, 2.45) is 0 Å². The van der Waals surface area contributed by atoms with Crippen LogP contribution in [0.2, 0.25) is 0 Å². The van der Waals surface area contributed by atoms with Gasteiger partial charge < -0.3 is 9.64 Å². The molecule has 23 heavy (non-hydrogen) atoms. The molecular weight excluding hydrogens is 288 g/mol. The molecule has 1 heterocycles. The van der Waals surface area contributed by atoms with Gasteiger partial charge in [0.1, 0.15) is 5.75 Å².